The molecule has 7 heteroatoms. The normalized spacial score (nSPS) is 15.7. The van der Waals surface area contributed by atoms with Crippen molar-refractivity contribution >= 4 is 16.9 Å². The second-order valence-electron chi connectivity index (χ2n) is 6.29. The number of benzene rings is 1. The molecule has 0 bridgehead atoms. The van der Waals surface area contributed by atoms with Crippen molar-refractivity contribution in [3.05, 3.63) is 59.6 Å². The summed E-state index contributed by atoms with van der Waals surface area (Å²) in [6.07, 6.45) is 4.93. The van der Waals surface area contributed by atoms with Crippen LogP contribution in [0.1, 0.15) is 29.2 Å². The fourth-order valence-corrected chi connectivity index (χ4v) is 3.50. The average molecular weight is 342 g/mol. The smallest absolute Gasteiger partial charge is 0.181 e. The van der Waals surface area contributed by atoms with Gasteiger partial charge in [-0.2, -0.15) is 10.4 Å². The number of hydrogen-bond acceptors (Lipinski definition) is 6. The van der Waals surface area contributed by atoms with Crippen LogP contribution >= 0.6 is 0 Å². The van der Waals surface area contributed by atoms with Crippen LogP contribution in [0.3, 0.4) is 0 Å². The minimum Gasteiger partial charge on any atom is -0.442 e. The molecule has 0 unspecified atom stereocenters. The summed E-state index contributed by atoms with van der Waals surface area (Å²) in [6, 6.07) is 12.2. The topological polar surface area (TPSA) is 103 Å². The van der Waals surface area contributed by atoms with E-state index in [0.717, 1.165) is 29.7 Å². The van der Waals surface area contributed by atoms with Crippen LogP contribution in [0.4, 0.5) is 5.82 Å². The third-order valence-corrected chi connectivity index (χ3v) is 4.75. The molecule has 1 atom stereocenters. The van der Waals surface area contributed by atoms with Crippen molar-refractivity contribution in [3.63, 3.8) is 0 Å². The number of oxazole rings is 1. The second-order valence-corrected chi connectivity index (χ2v) is 6.29. The van der Waals surface area contributed by atoms with Gasteiger partial charge < -0.3 is 9.73 Å². The first kappa shape index (κ1) is 14.7. The van der Waals surface area contributed by atoms with E-state index >= 15 is 0 Å². The van der Waals surface area contributed by atoms with Gasteiger partial charge in [-0.05, 0) is 48.2 Å². The molecule has 0 amide bonds. The fourth-order valence-electron chi connectivity index (χ4n) is 3.50. The summed E-state index contributed by atoms with van der Waals surface area (Å²) in [7, 11) is 0. The largest absolute Gasteiger partial charge is 0.442 e. The zero-order valence-electron chi connectivity index (χ0n) is 13.7. The zero-order chi connectivity index (χ0) is 17.5. The maximum absolute atomic E-state index is 9.06. The molecule has 5 rings (SSSR count). The van der Waals surface area contributed by atoms with Crippen molar-refractivity contribution < 1.29 is 4.42 Å². The number of aromatic amines is 1. The Labute approximate surface area is 148 Å². The number of nitriles is 1. The molecule has 1 aromatic carbocycles. The molecular weight excluding hydrogens is 328 g/mol. The van der Waals surface area contributed by atoms with E-state index in [1.54, 1.807) is 6.20 Å². The van der Waals surface area contributed by atoms with Crippen molar-refractivity contribution in [2.75, 3.05) is 5.32 Å². The van der Waals surface area contributed by atoms with E-state index in [2.05, 4.69) is 26.6 Å². The van der Waals surface area contributed by atoms with Gasteiger partial charge >= 0.3 is 0 Å². The van der Waals surface area contributed by atoms with Gasteiger partial charge in [-0.3, -0.25) is 5.10 Å². The van der Waals surface area contributed by atoms with E-state index in [1.807, 2.05) is 30.3 Å². The highest BCUT2D eigenvalue weighted by Gasteiger charge is 2.23. The standard InChI is InChI=1S/C19H14N6O/c20-8-11-1-3-13-12(7-11)2-4-14(13)22-17-6-5-15-18(23-17)19(25-24-15)16-9-21-10-26-16/h1,3,5-7,9-10,14H,2,4H2,(H,22,23)(H,24,25)/t14-/m0/s1. The lowest BCUT2D eigenvalue weighted by Gasteiger charge is -2.15. The number of fused-ring (bicyclic) bond motifs is 2. The van der Waals surface area contributed by atoms with Gasteiger partial charge in [0.1, 0.15) is 11.3 Å². The molecule has 4 aromatic rings. The van der Waals surface area contributed by atoms with Gasteiger partial charge in [-0.15, -0.1) is 0 Å². The number of hydrogen-bond donors (Lipinski definition) is 2. The minimum atomic E-state index is 0.184. The molecule has 126 valence electrons. The van der Waals surface area contributed by atoms with Gasteiger partial charge in [0.05, 0.1) is 29.4 Å². The third kappa shape index (κ3) is 2.31. The lowest BCUT2D eigenvalue weighted by molar-refractivity contribution is 0.570. The number of rotatable bonds is 3. The van der Waals surface area contributed by atoms with E-state index in [-0.39, 0.29) is 6.04 Å². The number of H-pyrrole nitrogens is 1. The molecule has 2 N–H and O–H groups in total. The molecule has 7 nitrogen and oxygen atoms in total. The summed E-state index contributed by atoms with van der Waals surface area (Å²) < 4.78 is 5.35. The molecule has 26 heavy (non-hydrogen) atoms. The lowest BCUT2D eigenvalue weighted by atomic mass is 10.1. The lowest BCUT2D eigenvalue weighted by Crippen LogP contribution is -2.08. The van der Waals surface area contributed by atoms with Crippen LogP contribution in [-0.2, 0) is 6.42 Å². The van der Waals surface area contributed by atoms with Crippen molar-refractivity contribution in [3.8, 4) is 17.5 Å². The number of nitrogens with one attached hydrogen (secondary N) is 2. The Bertz CT molecular complexity index is 1140. The SMILES string of the molecule is N#Cc1ccc2c(c1)CC[C@@H]2Nc1ccc2[nH]nc(-c3cnco3)c2n1. The van der Waals surface area contributed by atoms with Crippen molar-refractivity contribution in [1.82, 2.24) is 20.2 Å². The zero-order valence-corrected chi connectivity index (χ0v) is 13.7. The summed E-state index contributed by atoms with van der Waals surface area (Å²) in [5, 5.41) is 19.8. The first-order chi connectivity index (χ1) is 12.8. The molecule has 0 spiro atoms. The summed E-state index contributed by atoms with van der Waals surface area (Å²) >= 11 is 0. The maximum Gasteiger partial charge on any atom is 0.181 e. The summed E-state index contributed by atoms with van der Waals surface area (Å²) in [6.45, 7) is 0. The number of aryl methyl sites for hydroxylation is 1. The molecule has 1 aliphatic rings. The van der Waals surface area contributed by atoms with Crippen LogP contribution in [-0.4, -0.2) is 20.2 Å². The molecular formula is C19H14N6O. The number of anilines is 1. The highest BCUT2D eigenvalue weighted by Crippen LogP contribution is 2.34. The van der Waals surface area contributed by atoms with E-state index in [1.165, 1.54) is 17.5 Å². The van der Waals surface area contributed by atoms with Crippen LogP contribution in [0, 0.1) is 11.3 Å². The Balaban J connectivity index is 1.48. The van der Waals surface area contributed by atoms with Gasteiger partial charge in [0, 0.05) is 0 Å². The van der Waals surface area contributed by atoms with Gasteiger partial charge in [0.15, 0.2) is 17.8 Å². The van der Waals surface area contributed by atoms with Gasteiger partial charge in [0.25, 0.3) is 0 Å². The highest BCUT2D eigenvalue weighted by atomic mass is 16.3. The minimum absolute atomic E-state index is 0.184. The summed E-state index contributed by atoms with van der Waals surface area (Å²) in [5.41, 5.74) is 5.39. The monoisotopic (exact) mass is 342 g/mol. The quantitative estimate of drug-likeness (QED) is 0.590. The first-order valence-electron chi connectivity index (χ1n) is 8.35. The van der Waals surface area contributed by atoms with Crippen molar-refractivity contribution in [2.24, 2.45) is 0 Å². The Morgan fingerprint density at radius 1 is 1.27 bits per heavy atom. The maximum atomic E-state index is 9.06. The molecule has 0 radical (unpaired) electrons. The summed E-state index contributed by atoms with van der Waals surface area (Å²) in [5.74, 6) is 1.36. The van der Waals surface area contributed by atoms with Gasteiger partial charge in [0.2, 0.25) is 0 Å². The van der Waals surface area contributed by atoms with E-state index in [0.29, 0.717) is 17.0 Å². The van der Waals surface area contributed by atoms with Crippen LogP contribution in [0.2, 0.25) is 0 Å². The average Bonchev–Trinajstić information content (AvgIpc) is 3.40. The van der Waals surface area contributed by atoms with Gasteiger partial charge in [-0.1, -0.05) is 6.07 Å². The second kappa shape index (κ2) is 5.70. The van der Waals surface area contributed by atoms with E-state index in [4.69, 9.17) is 14.7 Å². The van der Waals surface area contributed by atoms with Crippen LogP contribution in [0.5, 0.6) is 0 Å². The van der Waals surface area contributed by atoms with Crippen LogP contribution in [0.25, 0.3) is 22.5 Å². The Hall–Kier alpha value is -3.66. The Morgan fingerprint density at radius 3 is 3.08 bits per heavy atom. The molecule has 1 aliphatic carbocycles. The highest BCUT2D eigenvalue weighted by molar-refractivity contribution is 5.88. The first-order valence-corrected chi connectivity index (χ1v) is 8.35. The number of aromatic nitrogens is 4. The van der Waals surface area contributed by atoms with E-state index in [9.17, 15) is 0 Å². The molecule has 0 saturated heterocycles. The van der Waals surface area contributed by atoms with Crippen molar-refractivity contribution in [2.45, 2.75) is 18.9 Å². The number of nitrogens with zero attached hydrogens (tertiary/aromatic N) is 4. The third-order valence-electron chi connectivity index (χ3n) is 4.75. The predicted molar refractivity (Wildman–Crippen MR) is 95.2 cm³/mol. The summed E-state index contributed by atoms with van der Waals surface area (Å²) in [4.78, 5) is 8.66. The van der Waals surface area contributed by atoms with Crippen LogP contribution in [0.15, 0.2) is 47.3 Å². The van der Waals surface area contributed by atoms with Crippen molar-refractivity contribution in [1.29, 1.82) is 5.26 Å². The van der Waals surface area contributed by atoms with Gasteiger partial charge in [-0.25, -0.2) is 9.97 Å². The van der Waals surface area contributed by atoms with Crippen LogP contribution < -0.4 is 5.32 Å². The Kier molecular flexibility index (Phi) is 3.22. The molecule has 0 fully saturated rings. The van der Waals surface area contributed by atoms with E-state index < -0.39 is 0 Å². The molecule has 3 aromatic heterocycles. The Morgan fingerprint density at radius 2 is 2.23 bits per heavy atom. The molecule has 0 saturated carbocycles. The molecule has 0 aliphatic heterocycles. The molecule has 3 heterocycles. The number of pyridine rings is 1. The predicted octanol–water partition coefficient (Wildman–Crippen LogP) is 3.58. The fraction of sp³-hybridized carbons (Fsp3) is 0.158.